The first kappa shape index (κ1) is 20.4. The molecule has 0 radical (unpaired) electrons. The third-order valence-electron chi connectivity index (χ3n) is 4.91. The number of sulfone groups is 1. The molecule has 0 saturated carbocycles. The summed E-state index contributed by atoms with van der Waals surface area (Å²) in [5.74, 6) is -0.982. The Balaban J connectivity index is 1.66. The summed E-state index contributed by atoms with van der Waals surface area (Å²) in [4.78, 5) is 18.5. The first-order chi connectivity index (χ1) is 13.7. The number of benzene rings is 2. The van der Waals surface area contributed by atoms with Crippen molar-refractivity contribution in [1.29, 1.82) is 0 Å². The smallest absolute Gasteiger partial charge is 0.252 e. The molecule has 2 atom stereocenters. The minimum Gasteiger partial charge on any atom is -0.315 e. The summed E-state index contributed by atoms with van der Waals surface area (Å²) in [6.07, 6.45) is 0.141. The van der Waals surface area contributed by atoms with E-state index in [2.05, 4.69) is 4.99 Å². The maximum Gasteiger partial charge on any atom is 0.252 e. The number of amides is 1. The summed E-state index contributed by atoms with van der Waals surface area (Å²) in [5, 5.41) is 0.128. The second-order valence-electron chi connectivity index (χ2n) is 7.22. The number of carbonyl (C=O) groups excluding carboxylic acids is 1. The van der Waals surface area contributed by atoms with Gasteiger partial charge in [-0.25, -0.2) is 12.8 Å². The molecule has 5 nitrogen and oxygen atoms in total. The number of carbonyl (C=O) groups is 1. The molecule has 9 heteroatoms. The van der Waals surface area contributed by atoms with Crippen LogP contribution in [0.2, 0.25) is 5.02 Å². The highest BCUT2D eigenvalue weighted by atomic mass is 35.5. The van der Waals surface area contributed by atoms with Crippen LogP contribution in [-0.4, -0.2) is 42.3 Å². The fourth-order valence-corrected chi connectivity index (χ4v) is 7.69. The van der Waals surface area contributed by atoms with E-state index in [1.807, 2.05) is 31.2 Å². The molecule has 2 fully saturated rings. The summed E-state index contributed by atoms with van der Waals surface area (Å²) in [5.41, 5.74) is 2.34. The Kier molecular flexibility index (Phi) is 5.44. The molecule has 2 aromatic rings. The Hall–Kier alpha value is -1.90. The Bertz CT molecular complexity index is 1120. The number of fused-ring (bicyclic) bond motifs is 1. The van der Waals surface area contributed by atoms with Gasteiger partial charge in [0.2, 0.25) is 0 Å². The topological polar surface area (TPSA) is 66.8 Å². The Labute approximate surface area is 177 Å². The van der Waals surface area contributed by atoms with Crippen LogP contribution in [-0.2, 0) is 21.1 Å². The number of anilines is 1. The number of halogens is 2. The second-order valence-corrected chi connectivity index (χ2v) is 11.0. The molecular formula is C20H18ClFN2O3S2. The Morgan fingerprint density at radius 1 is 1.28 bits per heavy atom. The van der Waals surface area contributed by atoms with Crippen molar-refractivity contribution in [3.63, 3.8) is 0 Å². The lowest BCUT2D eigenvalue weighted by molar-refractivity contribution is -0.117. The quantitative estimate of drug-likeness (QED) is 0.711. The summed E-state index contributed by atoms with van der Waals surface area (Å²) in [7, 11) is -3.19. The first-order valence-electron chi connectivity index (χ1n) is 9.00. The van der Waals surface area contributed by atoms with E-state index >= 15 is 0 Å². The molecule has 2 saturated heterocycles. The average molecular weight is 453 g/mol. The van der Waals surface area contributed by atoms with Crippen molar-refractivity contribution < 1.29 is 17.6 Å². The monoisotopic (exact) mass is 452 g/mol. The normalized spacial score (nSPS) is 24.1. The van der Waals surface area contributed by atoms with Crippen molar-refractivity contribution in [2.45, 2.75) is 24.6 Å². The van der Waals surface area contributed by atoms with Crippen LogP contribution in [0.1, 0.15) is 11.1 Å². The molecule has 1 amide bonds. The molecule has 29 heavy (non-hydrogen) atoms. The molecule has 0 spiro atoms. The van der Waals surface area contributed by atoms with Crippen LogP contribution in [0.25, 0.3) is 0 Å². The van der Waals surface area contributed by atoms with Gasteiger partial charge in [0, 0.05) is 10.9 Å². The SMILES string of the molecule is Cc1cccc(CC(=O)N=C2S[C@H]3CS(=O)(=O)C[C@H]3N2c2ccc(Cl)c(F)c2)c1. The van der Waals surface area contributed by atoms with Crippen molar-refractivity contribution >= 4 is 50.0 Å². The first-order valence-corrected chi connectivity index (χ1v) is 12.1. The van der Waals surface area contributed by atoms with E-state index in [4.69, 9.17) is 11.6 Å². The molecule has 2 heterocycles. The fourth-order valence-electron chi connectivity index (χ4n) is 3.64. The molecule has 0 bridgehead atoms. The fraction of sp³-hybridized carbons (Fsp3) is 0.300. The van der Waals surface area contributed by atoms with Gasteiger partial charge >= 0.3 is 0 Å². The van der Waals surface area contributed by atoms with Crippen LogP contribution >= 0.6 is 23.4 Å². The number of hydrogen-bond donors (Lipinski definition) is 0. The van der Waals surface area contributed by atoms with Crippen LogP contribution in [0.4, 0.5) is 10.1 Å². The van der Waals surface area contributed by atoms with E-state index in [0.717, 1.165) is 11.1 Å². The highest BCUT2D eigenvalue weighted by Crippen LogP contribution is 2.41. The number of aliphatic imine (C=N–C) groups is 1. The number of thioether (sulfide) groups is 1. The predicted octanol–water partition coefficient (Wildman–Crippen LogP) is 3.63. The predicted molar refractivity (Wildman–Crippen MR) is 115 cm³/mol. The van der Waals surface area contributed by atoms with E-state index in [-0.39, 0.29) is 34.1 Å². The van der Waals surface area contributed by atoms with E-state index in [1.54, 1.807) is 11.0 Å². The van der Waals surface area contributed by atoms with Gasteiger partial charge in [0.25, 0.3) is 5.91 Å². The van der Waals surface area contributed by atoms with Gasteiger partial charge in [-0.05, 0) is 30.7 Å². The van der Waals surface area contributed by atoms with Crippen molar-refractivity contribution in [2.24, 2.45) is 4.99 Å². The van der Waals surface area contributed by atoms with E-state index in [1.165, 1.54) is 23.9 Å². The van der Waals surface area contributed by atoms with Crippen molar-refractivity contribution in [3.05, 3.63) is 64.4 Å². The molecule has 0 aliphatic carbocycles. The summed E-state index contributed by atoms with van der Waals surface area (Å²) in [6, 6.07) is 11.5. The van der Waals surface area contributed by atoms with Gasteiger partial charge in [-0.2, -0.15) is 4.99 Å². The maximum absolute atomic E-state index is 14.1. The van der Waals surface area contributed by atoms with Crippen LogP contribution < -0.4 is 4.90 Å². The number of nitrogens with zero attached hydrogens (tertiary/aromatic N) is 2. The van der Waals surface area contributed by atoms with Gasteiger partial charge in [-0.3, -0.25) is 4.79 Å². The standard InChI is InChI=1S/C20H18ClFN2O3S2/c1-12-3-2-4-13(7-12)8-19(25)23-20-24(14-5-6-15(21)16(22)9-14)17-10-29(26,27)11-18(17)28-20/h2-7,9,17-18H,8,10-11H2,1H3/t17-,18+/m1/s1. The number of amidine groups is 1. The lowest BCUT2D eigenvalue weighted by Gasteiger charge is -2.24. The molecule has 152 valence electrons. The van der Waals surface area contributed by atoms with Gasteiger partial charge in [0.1, 0.15) is 5.82 Å². The minimum absolute atomic E-state index is 0.0139. The molecule has 2 aliphatic rings. The van der Waals surface area contributed by atoms with E-state index in [0.29, 0.717) is 10.9 Å². The highest BCUT2D eigenvalue weighted by Gasteiger charge is 2.49. The minimum atomic E-state index is -3.19. The lowest BCUT2D eigenvalue weighted by atomic mass is 10.1. The Morgan fingerprint density at radius 2 is 2.07 bits per heavy atom. The number of rotatable bonds is 3. The van der Waals surface area contributed by atoms with Crippen LogP contribution in [0.3, 0.4) is 0 Å². The maximum atomic E-state index is 14.1. The average Bonchev–Trinajstić information content (AvgIpc) is 3.08. The molecule has 0 unspecified atom stereocenters. The molecule has 2 aromatic carbocycles. The van der Waals surface area contributed by atoms with E-state index < -0.39 is 21.7 Å². The second kappa shape index (κ2) is 7.74. The molecule has 0 N–H and O–H groups in total. The summed E-state index contributed by atoms with van der Waals surface area (Å²) in [6.45, 7) is 1.95. The highest BCUT2D eigenvalue weighted by molar-refractivity contribution is 8.16. The van der Waals surface area contributed by atoms with Gasteiger partial charge < -0.3 is 4.90 Å². The zero-order valence-corrected chi connectivity index (χ0v) is 17.9. The molecule has 0 aromatic heterocycles. The lowest BCUT2D eigenvalue weighted by Crippen LogP contribution is -2.37. The zero-order valence-electron chi connectivity index (χ0n) is 15.5. The molecular weight excluding hydrogens is 435 g/mol. The molecule has 2 aliphatic heterocycles. The van der Waals surface area contributed by atoms with Gasteiger partial charge in [0.15, 0.2) is 15.0 Å². The van der Waals surface area contributed by atoms with Crippen molar-refractivity contribution in [2.75, 3.05) is 16.4 Å². The van der Waals surface area contributed by atoms with Crippen LogP contribution in [0.15, 0.2) is 47.5 Å². The van der Waals surface area contributed by atoms with Crippen molar-refractivity contribution in [1.82, 2.24) is 0 Å². The van der Waals surface area contributed by atoms with Gasteiger partial charge in [-0.15, -0.1) is 0 Å². The third kappa shape index (κ3) is 4.34. The molecule has 4 rings (SSSR count). The third-order valence-corrected chi connectivity index (χ3v) is 8.42. The summed E-state index contributed by atoms with van der Waals surface area (Å²) >= 11 is 7.05. The van der Waals surface area contributed by atoms with Gasteiger partial charge in [-0.1, -0.05) is 53.2 Å². The number of hydrogen-bond acceptors (Lipinski definition) is 4. The largest absolute Gasteiger partial charge is 0.315 e. The zero-order chi connectivity index (χ0) is 20.8. The van der Waals surface area contributed by atoms with E-state index in [9.17, 15) is 17.6 Å². The van der Waals surface area contributed by atoms with Crippen molar-refractivity contribution in [3.8, 4) is 0 Å². The summed E-state index contributed by atoms with van der Waals surface area (Å²) < 4.78 is 38.3. The Morgan fingerprint density at radius 3 is 2.79 bits per heavy atom. The van der Waals surface area contributed by atoms with Crippen LogP contribution in [0.5, 0.6) is 0 Å². The van der Waals surface area contributed by atoms with Crippen LogP contribution in [0, 0.1) is 12.7 Å². The number of aryl methyl sites for hydroxylation is 1. The van der Waals surface area contributed by atoms with Gasteiger partial charge in [0.05, 0.1) is 29.0 Å².